The van der Waals surface area contributed by atoms with Gasteiger partial charge in [-0.2, -0.15) is 21.6 Å². The average Bonchev–Trinajstić information content (AvgIpc) is 3.25. The third-order valence-electron chi connectivity index (χ3n) is 3.11. The highest BCUT2D eigenvalue weighted by Crippen LogP contribution is 2.19. The second kappa shape index (κ2) is 6.85. The van der Waals surface area contributed by atoms with E-state index in [2.05, 4.69) is 15.5 Å². The molecule has 2 heterocycles. The number of aromatic nitrogens is 2. The number of carbonyl (C=O) groups is 1. The number of aryl methyl sites for hydroxylation is 1. The summed E-state index contributed by atoms with van der Waals surface area (Å²) in [5, 5.41) is 19.3. The van der Waals surface area contributed by atoms with Crippen LogP contribution in [0, 0.1) is 11.3 Å². The summed E-state index contributed by atoms with van der Waals surface area (Å²) >= 11 is 1.56. The van der Waals surface area contributed by atoms with Crippen molar-refractivity contribution in [3.63, 3.8) is 0 Å². The first-order chi connectivity index (χ1) is 11.2. The summed E-state index contributed by atoms with van der Waals surface area (Å²) in [5.74, 6) is 0.819. The number of hydrogen-bond donors (Lipinski definition) is 1. The number of hydrogen-bond acceptors (Lipinski definition) is 6. The Morgan fingerprint density at radius 2 is 2.13 bits per heavy atom. The highest BCUT2D eigenvalue weighted by Gasteiger charge is 2.11. The van der Waals surface area contributed by atoms with Crippen LogP contribution in [-0.4, -0.2) is 16.0 Å². The molecule has 0 aliphatic carbocycles. The Morgan fingerprint density at radius 1 is 1.30 bits per heavy atom. The number of carbonyl (C=O) groups excluding carboxylic acids is 1. The molecule has 1 aromatic carbocycles. The van der Waals surface area contributed by atoms with Crippen LogP contribution in [0.1, 0.15) is 17.9 Å². The lowest BCUT2D eigenvalue weighted by Gasteiger charge is -2.03. The van der Waals surface area contributed by atoms with Crippen molar-refractivity contribution in [1.29, 1.82) is 5.26 Å². The van der Waals surface area contributed by atoms with Gasteiger partial charge in [0.1, 0.15) is 0 Å². The van der Waals surface area contributed by atoms with E-state index in [1.807, 2.05) is 22.9 Å². The highest BCUT2D eigenvalue weighted by molar-refractivity contribution is 7.08. The molecule has 0 fully saturated rings. The molecule has 0 spiro atoms. The maximum atomic E-state index is 11.9. The zero-order valence-corrected chi connectivity index (χ0v) is 12.8. The van der Waals surface area contributed by atoms with Crippen molar-refractivity contribution in [1.82, 2.24) is 10.1 Å². The van der Waals surface area contributed by atoms with E-state index in [1.165, 1.54) is 0 Å². The Balaban J connectivity index is 1.53. The van der Waals surface area contributed by atoms with Gasteiger partial charge in [-0.05, 0) is 35.7 Å². The Bertz CT molecular complexity index is 832. The second-order valence-electron chi connectivity index (χ2n) is 4.76. The molecule has 1 amide bonds. The normalized spacial score (nSPS) is 10.2. The first-order valence-corrected chi connectivity index (χ1v) is 7.84. The largest absolute Gasteiger partial charge is 0.339 e. The molecular weight excluding hydrogens is 312 g/mol. The first kappa shape index (κ1) is 14.9. The lowest BCUT2D eigenvalue weighted by molar-refractivity contribution is -0.116. The molecule has 7 heteroatoms. The number of amides is 1. The summed E-state index contributed by atoms with van der Waals surface area (Å²) < 4.78 is 5.15. The molecule has 0 saturated heterocycles. The number of thiophene rings is 1. The van der Waals surface area contributed by atoms with Crippen LogP contribution in [0.15, 0.2) is 45.6 Å². The van der Waals surface area contributed by atoms with Crippen molar-refractivity contribution in [3.8, 4) is 17.5 Å². The fourth-order valence-corrected chi connectivity index (χ4v) is 2.57. The molecule has 3 aromatic rings. The van der Waals surface area contributed by atoms with Crippen LogP contribution in [0.2, 0.25) is 0 Å². The van der Waals surface area contributed by atoms with E-state index in [4.69, 9.17) is 9.78 Å². The third kappa shape index (κ3) is 3.81. The molecule has 0 aliphatic rings. The lowest BCUT2D eigenvalue weighted by Crippen LogP contribution is -2.12. The standard InChI is InChI=1S/C16H12N4O2S/c17-9-11-1-3-13(4-2-11)18-14(21)5-6-15-19-16(20-22-15)12-7-8-23-10-12/h1-4,7-8,10H,5-6H2,(H,18,21). The number of nitrogens with one attached hydrogen (secondary N) is 1. The van der Waals surface area contributed by atoms with E-state index in [0.29, 0.717) is 29.4 Å². The topological polar surface area (TPSA) is 91.8 Å². The molecular formula is C16H12N4O2S. The number of nitriles is 1. The van der Waals surface area contributed by atoms with Gasteiger partial charge in [0.25, 0.3) is 0 Å². The fraction of sp³-hybridized carbons (Fsp3) is 0.125. The van der Waals surface area contributed by atoms with Crippen LogP contribution in [-0.2, 0) is 11.2 Å². The monoisotopic (exact) mass is 324 g/mol. The fourth-order valence-electron chi connectivity index (χ4n) is 1.94. The Kier molecular flexibility index (Phi) is 4.45. The molecule has 0 atom stereocenters. The van der Waals surface area contributed by atoms with Crippen molar-refractivity contribution in [3.05, 3.63) is 52.5 Å². The summed E-state index contributed by atoms with van der Waals surface area (Å²) in [6.45, 7) is 0. The number of nitrogens with zero attached hydrogens (tertiary/aromatic N) is 3. The zero-order valence-electron chi connectivity index (χ0n) is 12.0. The molecule has 3 rings (SSSR count). The summed E-state index contributed by atoms with van der Waals surface area (Å²) in [5.41, 5.74) is 2.11. The quantitative estimate of drug-likeness (QED) is 0.778. The molecule has 0 bridgehead atoms. The van der Waals surface area contributed by atoms with Crippen molar-refractivity contribution in [2.45, 2.75) is 12.8 Å². The minimum atomic E-state index is -0.148. The van der Waals surface area contributed by atoms with Crippen molar-refractivity contribution >= 4 is 22.9 Å². The van der Waals surface area contributed by atoms with Crippen LogP contribution < -0.4 is 5.32 Å². The van der Waals surface area contributed by atoms with Crippen molar-refractivity contribution in [2.24, 2.45) is 0 Å². The predicted octanol–water partition coefficient (Wildman–Crippen LogP) is 3.24. The van der Waals surface area contributed by atoms with E-state index in [1.54, 1.807) is 35.6 Å². The van der Waals surface area contributed by atoms with Crippen LogP contribution in [0.5, 0.6) is 0 Å². The maximum absolute atomic E-state index is 11.9. The highest BCUT2D eigenvalue weighted by atomic mass is 32.1. The number of rotatable bonds is 5. The zero-order chi connectivity index (χ0) is 16.1. The predicted molar refractivity (Wildman–Crippen MR) is 85.7 cm³/mol. The van der Waals surface area contributed by atoms with Gasteiger partial charge in [0.2, 0.25) is 17.6 Å². The van der Waals surface area contributed by atoms with Gasteiger partial charge in [-0.1, -0.05) is 5.16 Å². The van der Waals surface area contributed by atoms with Crippen LogP contribution in [0.4, 0.5) is 5.69 Å². The maximum Gasteiger partial charge on any atom is 0.227 e. The van der Waals surface area contributed by atoms with Crippen LogP contribution in [0.25, 0.3) is 11.4 Å². The lowest BCUT2D eigenvalue weighted by atomic mass is 10.2. The van der Waals surface area contributed by atoms with E-state index in [-0.39, 0.29) is 12.3 Å². The molecule has 0 unspecified atom stereocenters. The minimum Gasteiger partial charge on any atom is -0.339 e. The summed E-state index contributed by atoms with van der Waals surface area (Å²) in [4.78, 5) is 16.2. The van der Waals surface area contributed by atoms with Gasteiger partial charge in [-0.25, -0.2) is 0 Å². The molecule has 0 aliphatic heterocycles. The molecule has 23 heavy (non-hydrogen) atoms. The molecule has 2 aromatic heterocycles. The summed E-state index contributed by atoms with van der Waals surface area (Å²) in [7, 11) is 0. The van der Waals surface area contributed by atoms with Crippen molar-refractivity contribution < 1.29 is 9.32 Å². The summed E-state index contributed by atoms with van der Waals surface area (Å²) in [6.07, 6.45) is 0.616. The van der Waals surface area contributed by atoms with Gasteiger partial charge >= 0.3 is 0 Å². The summed E-state index contributed by atoms with van der Waals surface area (Å²) in [6, 6.07) is 10.6. The van der Waals surface area contributed by atoms with Gasteiger partial charge in [-0.3, -0.25) is 4.79 Å². The first-order valence-electron chi connectivity index (χ1n) is 6.90. The van der Waals surface area contributed by atoms with E-state index < -0.39 is 0 Å². The molecule has 114 valence electrons. The van der Waals surface area contributed by atoms with E-state index in [0.717, 1.165) is 5.56 Å². The number of benzene rings is 1. The van der Waals surface area contributed by atoms with Gasteiger partial charge in [0.05, 0.1) is 11.6 Å². The molecule has 0 radical (unpaired) electrons. The van der Waals surface area contributed by atoms with Crippen LogP contribution >= 0.6 is 11.3 Å². The second-order valence-corrected chi connectivity index (χ2v) is 5.54. The minimum absolute atomic E-state index is 0.148. The average molecular weight is 324 g/mol. The van der Waals surface area contributed by atoms with Gasteiger partial charge in [-0.15, -0.1) is 0 Å². The molecule has 6 nitrogen and oxygen atoms in total. The van der Waals surface area contributed by atoms with Crippen molar-refractivity contribution in [2.75, 3.05) is 5.32 Å². The van der Waals surface area contributed by atoms with Gasteiger partial charge < -0.3 is 9.84 Å². The Labute approximate surface area is 136 Å². The van der Waals surface area contributed by atoms with Gasteiger partial charge in [0.15, 0.2) is 0 Å². The van der Waals surface area contributed by atoms with E-state index in [9.17, 15) is 4.79 Å². The Morgan fingerprint density at radius 3 is 2.83 bits per heavy atom. The van der Waals surface area contributed by atoms with E-state index >= 15 is 0 Å². The smallest absolute Gasteiger partial charge is 0.227 e. The molecule has 0 saturated carbocycles. The van der Waals surface area contributed by atoms with Gasteiger partial charge in [0, 0.05) is 29.5 Å². The Hall–Kier alpha value is -2.98. The van der Waals surface area contributed by atoms with Crippen LogP contribution in [0.3, 0.4) is 0 Å². The third-order valence-corrected chi connectivity index (χ3v) is 3.79. The molecule has 1 N–H and O–H groups in total. The SMILES string of the molecule is N#Cc1ccc(NC(=O)CCc2nc(-c3ccsc3)no2)cc1. The number of anilines is 1.